The Kier molecular flexibility index (Phi) is 3.42. The molecule has 0 heterocycles. The predicted molar refractivity (Wildman–Crippen MR) is 71.8 cm³/mol. The molecule has 1 unspecified atom stereocenters. The predicted octanol–water partition coefficient (Wildman–Crippen LogP) is 1.53. The summed E-state index contributed by atoms with van der Waals surface area (Å²) in [6.07, 6.45) is 1.82. The van der Waals surface area contributed by atoms with Gasteiger partial charge in [0, 0.05) is 12.1 Å². The molecular formula is C13H14N4O3. The number of nitro benzene ring substituents is 1. The molecule has 1 amide bonds. The van der Waals surface area contributed by atoms with Crippen LogP contribution in [0.1, 0.15) is 25.3 Å². The molecule has 1 aromatic rings. The number of non-ortho nitro benzene ring substituents is 1. The second kappa shape index (κ2) is 4.90. The summed E-state index contributed by atoms with van der Waals surface area (Å²) < 4.78 is 0. The number of amides is 1. The van der Waals surface area contributed by atoms with Crippen LogP contribution in [-0.2, 0) is 4.79 Å². The molecule has 1 aliphatic rings. The van der Waals surface area contributed by atoms with Gasteiger partial charge in [0.2, 0.25) is 5.91 Å². The van der Waals surface area contributed by atoms with Crippen LogP contribution in [0.15, 0.2) is 18.2 Å². The Hall–Kier alpha value is -2.46. The Morgan fingerprint density at radius 2 is 2.25 bits per heavy atom. The van der Waals surface area contributed by atoms with E-state index in [0.717, 1.165) is 18.9 Å². The number of carbonyl (C=O) groups excluding carboxylic acids is 1. The van der Waals surface area contributed by atoms with Gasteiger partial charge < -0.3 is 11.1 Å². The van der Waals surface area contributed by atoms with Crippen molar-refractivity contribution in [2.75, 3.05) is 5.32 Å². The maximum atomic E-state index is 12.1. The van der Waals surface area contributed by atoms with Crippen LogP contribution in [0, 0.1) is 27.4 Å². The lowest BCUT2D eigenvalue weighted by Gasteiger charge is -2.23. The van der Waals surface area contributed by atoms with Crippen LogP contribution in [0.4, 0.5) is 11.4 Å². The van der Waals surface area contributed by atoms with E-state index in [1.807, 2.05) is 6.07 Å². The van der Waals surface area contributed by atoms with Gasteiger partial charge in [0.15, 0.2) is 0 Å². The Balaban J connectivity index is 2.23. The molecule has 1 aromatic carbocycles. The van der Waals surface area contributed by atoms with Crippen LogP contribution in [0.2, 0.25) is 0 Å². The number of hydrogen-bond donors (Lipinski definition) is 2. The number of nitrogens with one attached hydrogen (secondary N) is 1. The Morgan fingerprint density at radius 1 is 1.60 bits per heavy atom. The minimum atomic E-state index is -0.992. The number of nitrogens with two attached hydrogens (primary N) is 1. The highest BCUT2D eigenvalue weighted by Crippen LogP contribution is 2.38. The molecule has 0 spiro atoms. The van der Waals surface area contributed by atoms with Crippen LogP contribution in [0.5, 0.6) is 0 Å². The molecule has 104 valence electrons. The molecule has 0 radical (unpaired) electrons. The number of nitriles is 1. The first kappa shape index (κ1) is 14.0. The molecular weight excluding hydrogens is 260 g/mol. The summed E-state index contributed by atoms with van der Waals surface area (Å²) in [7, 11) is 0. The topological polar surface area (TPSA) is 122 Å². The summed E-state index contributed by atoms with van der Waals surface area (Å²) >= 11 is 0. The quantitative estimate of drug-likeness (QED) is 0.636. The number of nitro groups is 1. The van der Waals surface area contributed by atoms with Gasteiger partial charge in [0.05, 0.1) is 21.7 Å². The largest absolute Gasteiger partial charge is 0.323 e. The average molecular weight is 274 g/mol. The molecule has 0 saturated heterocycles. The zero-order valence-corrected chi connectivity index (χ0v) is 10.9. The van der Waals surface area contributed by atoms with Crippen LogP contribution in [0.25, 0.3) is 0 Å². The van der Waals surface area contributed by atoms with Gasteiger partial charge in [-0.2, -0.15) is 5.26 Å². The summed E-state index contributed by atoms with van der Waals surface area (Å²) in [5, 5.41) is 22.2. The number of hydrogen-bond acceptors (Lipinski definition) is 5. The fraction of sp³-hybridized carbons (Fsp3) is 0.385. The van der Waals surface area contributed by atoms with Crippen LogP contribution in [0.3, 0.4) is 0 Å². The number of anilines is 1. The molecule has 1 aliphatic carbocycles. The van der Waals surface area contributed by atoms with E-state index in [1.165, 1.54) is 12.1 Å². The lowest BCUT2D eigenvalue weighted by Crippen LogP contribution is -2.50. The minimum Gasteiger partial charge on any atom is -0.323 e. The van der Waals surface area contributed by atoms with Crippen molar-refractivity contribution in [1.82, 2.24) is 0 Å². The third-order valence-electron chi connectivity index (χ3n) is 3.50. The van der Waals surface area contributed by atoms with Gasteiger partial charge in [-0.1, -0.05) is 0 Å². The van der Waals surface area contributed by atoms with Crippen molar-refractivity contribution in [1.29, 1.82) is 5.26 Å². The van der Waals surface area contributed by atoms with E-state index in [0.29, 0.717) is 0 Å². The van der Waals surface area contributed by atoms with Crippen LogP contribution < -0.4 is 11.1 Å². The highest BCUT2D eigenvalue weighted by molar-refractivity contribution is 5.99. The van der Waals surface area contributed by atoms with Gasteiger partial charge in [-0.05, 0) is 31.7 Å². The maximum Gasteiger partial charge on any atom is 0.270 e. The van der Waals surface area contributed by atoms with Gasteiger partial charge in [-0.3, -0.25) is 14.9 Å². The summed E-state index contributed by atoms with van der Waals surface area (Å²) in [6.45, 7) is 1.65. The van der Waals surface area contributed by atoms with Crippen molar-refractivity contribution >= 4 is 17.3 Å². The Labute approximate surface area is 115 Å². The second-order valence-corrected chi connectivity index (χ2v) is 5.11. The monoisotopic (exact) mass is 274 g/mol. The van der Waals surface area contributed by atoms with Crippen molar-refractivity contribution in [2.24, 2.45) is 11.7 Å². The molecule has 2 rings (SSSR count). The highest BCUT2D eigenvalue weighted by atomic mass is 16.6. The molecule has 1 saturated carbocycles. The standard InChI is InChI=1S/C13H14N4O3/c1-13(15,9-2-3-9)12(18)16-11-5-4-10(17(19)20)6-8(11)7-14/h4-6,9H,2-3,15H2,1H3,(H,16,18). The molecule has 0 aliphatic heterocycles. The third kappa shape index (κ3) is 2.60. The molecule has 20 heavy (non-hydrogen) atoms. The smallest absolute Gasteiger partial charge is 0.270 e. The molecule has 0 aromatic heterocycles. The van der Waals surface area contributed by atoms with E-state index in [1.54, 1.807) is 6.92 Å². The summed E-state index contributed by atoms with van der Waals surface area (Å²) in [6, 6.07) is 5.54. The lowest BCUT2D eigenvalue weighted by atomic mass is 9.96. The number of carbonyl (C=O) groups is 1. The van der Waals surface area contributed by atoms with E-state index in [2.05, 4.69) is 5.32 Å². The van der Waals surface area contributed by atoms with Crippen molar-refractivity contribution in [3.05, 3.63) is 33.9 Å². The van der Waals surface area contributed by atoms with E-state index in [-0.39, 0.29) is 28.8 Å². The van der Waals surface area contributed by atoms with Gasteiger partial charge in [0.1, 0.15) is 6.07 Å². The molecule has 3 N–H and O–H groups in total. The fourth-order valence-corrected chi connectivity index (χ4v) is 1.97. The van der Waals surface area contributed by atoms with Gasteiger partial charge in [-0.15, -0.1) is 0 Å². The summed E-state index contributed by atoms with van der Waals surface area (Å²) in [4.78, 5) is 22.2. The highest BCUT2D eigenvalue weighted by Gasteiger charge is 2.44. The van der Waals surface area contributed by atoms with Gasteiger partial charge in [-0.25, -0.2) is 0 Å². The van der Waals surface area contributed by atoms with Crippen molar-refractivity contribution in [3.8, 4) is 6.07 Å². The zero-order chi connectivity index (χ0) is 14.9. The zero-order valence-electron chi connectivity index (χ0n) is 10.9. The first-order chi connectivity index (χ1) is 9.36. The first-order valence-corrected chi connectivity index (χ1v) is 6.15. The van der Waals surface area contributed by atoms with E-state index >= 15 is 0 Å². The molecule has 1 fully saturated rings. The van der Waals surface area contributed by atoms with E-state index in [4.69, 9.17) is 11.0 Å². The first-order valence-electron chi connectivity index (χ1n) is 6.15. The third-order valence-corrected chi connectivity index (χ3v) is 3.50. The normalized spacial score (nSPS) is 16.9. The van der Waals surface area contributed by atoms with E-state index < -0.39 is 10.5 Å². The summed E-state index contributed by atoms with van der Waals surface area (Å²) in [5.41, 5.74) is 5.07. The fourth-order valence-electron chi connectivity index (χ4n) is 1.97. The number of benzene rings is 1. The second-order valence-electron chi connectivity index (χ2n) is 5.11. The van der Waals surface area contributed by atoms with Crippen molar-refractivity contribution < 1.29 is 9.72 Å². The number of rotatable bonds is 4. The summed E-state index contributed by atoms with van der Waals surface area (Å²) in [5.74, 6) is -0.239. The van der Waals surface area contributed by atoms with E-state index in [9.17, 15) is 14.9 Å². The van der Waals surface area contributed by atoms with Crippen molar-refractivity contribution in [2.45, 2.75) is 25.3 Å². The Bertz CT molecular complexity index is 615. The number of nitrogens with zero attached hydrogens (tertiary/aromatic N) is 2. The maximum absolute atomic E-state index is 12.1. The molecule has 0 bridgehead atoms. The van der Waals surface area contributed by atoms with Crippen molar-refractivity contribution in [3.63, 3.8) is 0 Å². The molecule has 7 heteroatoms. The van der Waals surface area contributed by atoms with Gasteiger partial charge >= 0.3 is 0 Å². The van der Waals surface area contributed by atoms with Crippen LogP contribution >= 0.6 is 0 Å². The average Bonchev–Trinajstić information content (AvgIpc) is 3.23. The molecule has 7 nitrogen and oxygen atoms in total. The Morgan fingerprint density at radius 3 is 2.75 bits per heavy atom. The molecule has 1 atom stereocenters. The minimum absolute atomic E-state index is 0.0409. The van der Waals surface area contributed by atoms with Gasteiger partial charge in [0.25, 0.3) is 5.69 Å². The lowest BCUT2D eigenvalue weighted by molar-refractivity contribution is -0.384. The SMILES string of the molecule is CC(N)(C(=O)Nc1ccc([N+](=O)[O-])cc1C#N)C1CC1. The van der Waals surface area contributed by atoms with Crippen LogP contribution in [-0.4, -0.2) is 16.4 Å².